The number of nitrogens with zero attached hydrogens (tertiary/aromatic N) is 1. The molecule has 0 bridgehead atoms. The van der Waals surface area contributed by atoms with E-state index in [1.54, 1.807) is 18.2 Å². The lowest BCUT2D eigenvalue weighted by atomic mass is 10.2. The van der Waals surface area contributed by atoms with Gasteiger partial charge >= 0.3 is 6.03 Å². The number of urea groups is 1. The summed E-state index contributed by atoms with van der Waals surface area (Å²) < 4.78 is 0. The average molecular weight is 249 g/mol. The van der Waals surface area contributed by atoms with Crippen molar-refractivity contribution in [3.8, 4) is 0 Å². The van der Waals surface area contributed by atoms with E-state index in [2.05, 4.69) is 10.6 Å². The van der Waals surface area contributed by atoms with Crippen molar-refractivity contribution >= 4 is 17.4 Å². The summed E-state index contributed by atoms with van der Waals surface area (Å²) in [5.41, 5.74) is 0.0263. The van der Waals surface area contributed by atoms with E-state index in [0.29, 0.717) is 5.92 Å². The Morgan fingerprint density at radius 3 is 2.67 bits per heavy atom. The number of nitro benzene ring substituents is 1. The van der Waals surface area contributed by atoms with Crippen LogP contribution in [0.3, 0.4) is 0 Å². The Kier molecular flexibility index (Phi) is 4.86. The average Bonchev–Trinajstić information content (AvgIpc) is 2.28. The molecule has 0 saturated carbocycles. The summed E-state index contributed by atoms with van der Waals surface area (Å²) in [6.45, 7) is 3.94. The first-order valence-corrected chi connectivity index (χ1v) is 5.48. The molecule has 1 aromatic rings. The number of nitro groups is 1. The highest BCUT2D eigenvalue weighted by Crippen LogP contribution is 2.22. The zero-order valence-electron chi connectivity index (χ0n) is 10.2. The Balaban J connectivity index is 2.67. The number of nitrogens with one attached hydrogen (secondary N) is 2. The summed E-state index contributed by atoms with van der Waals surface area (Å²) in [5.74, 6) is 0.316. The fourth-order valence-electron chi connectivity index (χ4n) is 1.21. The maximum absolute atomic E-state index is 11.5. The number of hydrogen-bond donors (Lipinski definition) is 2. The maximum atomic E-state index is 11.5. The first-order valence-electron chi connectivity index (χ1n) is 5.48. The normalized spacial score (nSPS) is 10.6. The Morgan fingerprint density at radius 2 is 2.06 bits per heavy atom. The fraction of sp³-hybridized carbons (Fsp3) is 0.250. The molecule has 2 amide bonds. The summed E-state index contributed by atoms with van der Waals surface area (Å²) in [4.78, 5) is 21.7. The minimum Gasteiger partial charge on any atom is -0.315 e. The molecule has 1 aromatic carbocycles. The van der Waals surface area contributed by atoms with Gasteiger partial charge in [0.05, 0.1) is 4.92 Å². The molecule has 0 fully saturated rings. The third-order valence-electron chi connectivity index (χ3n) is 2.04. The molecule has 0 atom stereocenters. The van der Waals surface area contributed by atoms with E-state index in [1.165, 1.54) is 18.3 Å². The van der Waals surface area contributed by atoms with Gasteiger partial charge in [0.25, 0.3) is 5.69 Å². The van der Waals surface area contributed by atoms with Gasteiger partial charge in [0, 0.05) is 12.3 Å². The molecule has 0 aliphatic carbocycles. The first kappa shape index (κ1) is 13.7. The van der Waals surface area contributed by atoms with Gasteiger partial charge in [-0.3, -0.25) is 10.1 Å². The summed E-state index contributed by atoms with van der Waals surface area (Å²) in [5, 5.41) is 15.6. The molecule has 0 spiro atoms. The number of allylic oxidation sites excluding steroid dienone is 1. The lowest BCUT2D eigenvalue weighted by Gasteiger charge is -2.05. The van der Waals surface area contributed by atoms with Gasteiger partial charge in [0.15, 0.2) is 0 Å². The van der Waals surface area contributed by atoms with Crippen LogP contribution < -0.4 is 10.6 Å². The molecular weight excluding hydrogens is 234 g/mol. The van der Waals surface area contributed by atoms with Crippen molar-refractivity contribution in [2.24, 2.45) is 5.92 Å². The SMILES string of the molecule is CC(C)/C=C/NC(=O)Nc1ccccc1[N+](=O)[O-]. The number of amides is 2. The van der Waals surface area contributed by atoms with Crippen LogP contribution >= 0.6 is 0 Å². The minimum absolute atomic E-state index is 0.138. The zero-order valence-corrected chi connectivity index (χ0v) is 10.2. The molecule has 0 unspecified atom stereocenters. The molecule has 0 aromatic heterocycles. The quantitative estimate of drug-likeness (QED) is 0.635. The lowest BCUT2D eigenvalue weighted by molar-refractivity contribution is -0.383. The predicted octanol–water partition coefficient (Wildman–Crippen LogP) is 2.89. The summed E-state index contributed by atoms with van der Waals surface area (Å²) >= 11 is 0. The smallest absolute Gasteiger partial charge is 0.315 e. The molecular formula is C12H15N3O3. The Bertz CT molecular complexity index is 469. The standard InChI is InChI=1S/C12H15N3O3/c1-9(2)7-8-13-12(16)14-10-5-3-4-6-11(10)15(17)18/h3-9H,1-2H3,(H2,13,14,16)/b8-7+. The highest BCUT2D eigenvalue weighted by molar-refractivity contribution is 5.92. The van der Waals surface area contributed by atoms with Gasteiger partial charge in [-0.15, -0.1) is 0 Å². The highest BCUT2D eigenvalue weighted by atomic mass is 16.6. The molecule has 0 aliphatic heterocycles. The van der Waals surface area contributed by atoms with E-state index in [-0.39, 0.29) is 11.4 Å². The van der Waals surface area contributed by atoms with Crippen molar-refractivity contribution in [3.05, 3.63) is 46.7 Å². The molecule has 1 rings (SSSR count). The van der Waals surface area contributed by atoms with Crippen LogP contribution in [0.1, 0.15) is 13.8 Å². The predicted molar refractivity (Wildman–Crippen MR) is 69.2 cm³/mol. The highest BCUT2D eigenvalue weighted by Gasteiger charge is 2.13. The number of hydrogen-bond acceptors (Lipinski definition) is 3. The van der Waals surface area contributed by atoms with Gasteiger partial charge in [0.2, 0.25) is 0 Å². The summed E-state index contributed by atoms with van der Waals surface area (Å²) in [6.07, 6.45) is 3.31. The topological polar surface area (TPSA) is 84.3 Å². The van der Waals surface area contributed by atoms with E-state index in [4.69, 9.17) is 0 Å². The Morgan fingerprint density at radius 1 is 1.39 bits per heavy atom. The van der Waals surface area contributed by atoms with Crippen LogP contribution in [0, 0.1) is 16.0 Å². The van der Waals surface area contributed by atoms with Crippen LogP contribution in [0.25, 0.3) is 0 Å². The van der Waals surface area contributed by atoms with Gasteiger partial charge < -0.3 is 10.6 Å². The van der Waals surface area contributed by atoms with Crippen molar-refractivity contribution in [1.82, 2.24) is 5.32 Å². The van der Waals surface area contributed by atoms with Crippen LogP contribution in [0.5, 0.6) is 0 Å². The number of carbonyl (C=O) groups excluding carboxylic acids is 1. The van der Waals surface area contributed by atoms with E-state index >= 15 is 0 Å². The minimum atomic E-state index is -0.542. The van der Waals surface area contributed by atoms with Crippen LogP contribution in [0.4, 0.5) is 16.2 Å². The molecule has 96 valence electrons. The van der Waals surface area contributed by atoms with Crippen LogP contribution in [-0.2, 0) is 0 Å². The van der Waals surface area contributed by atoms with Crippen LogP contribution in [0.15, 0.2) is 36.5 Å². The molecule has 0 heterocycles. The second-order valence-corrected chi connectivity index (χ2v) is 3.98. The molecule has 0 saturated heterocycles. The van der Waals surface area contributed by atoms with E-state index in [1.807, 2.05) is 13.8 Å². The number of carbonyl (C=O) groups is 1. The second kappa shape index (κ2) is 6.39. The summed E-state index contributed by atoms with van der Waals surface area (Å²) in [7, 11) is 0. The second-order valence-electron chi connectivity index (χ2n) is 3.98. The third-order valence-corrected chi connectivity index (χ3v) is 2.04. The number of para-hydroxylation sites is 2. The molecule has 0 aliphatic rings. The van der Waals surface area contributed by atoms with E-state index < -0.39 is 11.0 Å². The van der Waals surface area contributed by atoms with E-state index in [0.717, 1.165) is 0 Å². The van der Waals surface area contributed by atoms with Gasteiger partial charge in [-0.25, -0.2) is 4.79 Å². The number of anilines is 1. The van der Waals surface area contributed by atoms with E-state index in [9.17, 15) is 14.9 Å². The largest absolute Gasteiger partial charge is 0.323 e. The van der Waals surface area contributed by atoms with Crippen molar-refractivity contribution in [3.63, 3.8) is 0 Å². The Hall–Kier alpha value is -2.37. The number of rotatable bonds is 4. The van der Waals surface area contributed by atoms with Crippen molar-refractivity contribution in [2.45, 2.75) is 13.8 Å². The molecule has 6 nitrogen and oxygen atoms in total. The molecule has 2 N–H and O–H groups in total. The maximum Gasteiger partial charge on any atom is 0.323 e. The van der Waals surface area contributed by atoms with Gasteiger partial charge in [-0.05, 0) is 12.0 Å². The van der Waals surface area contributed by atoms with Crippen molar-refractivity contribution in [1.29, 1.82) is 0 Å². The lowest BCUT2D eigenvalue weighted by Crippen LogP contribution is -2.24. The summed E-state index contributed by atoms with van der Waals surface area (Å²) in [6, 6.07) is 5.46. The van der Waals surface area contributed by atoms with Crippen molar-refractivity contribution in [2.75, 3.05) is 5.32 Å². The Labute approximate surface area is 105 Å². The van der Waals surface area contributed by atoms with Gasteiger partial charge in [-0.1, -0.05) is 32.1 Å². The van der Waals surface area contributed by atoms with Crippen LogP contribution in [0.2, 0.25) is 0 Å². The molecule has 6 heteroatoms. The third kappa shape index (κ3) is 4.25. The monoisotopic (exact) mass is 249 g/mol. The van der Waals surface area contributed by atoms with Crippen molar-refractivity contribution < 1.29 is 9.72 Å². The molecule has 0 radical (unpaired) electrons. The molecule has 18 heavy (non-hydrogen) atoms. The fourth-order valence-corrected chi connectivity index (χ4v) is 1.21. The number of benzene rings is 1. The zero-order chi connectivity index (χ0) is 13.5. The van der Waals surface area contributed by atoms with Gasteiger partial charge in [0.1, 0.15) is 5.69 Å². The first-order chi connectivity index (χ1) is 8.50. The van der Waals surface area contributed by atoms with Gasteiger partial charge in [-0.2, -0.15) is 0 Å². The van der Waals surface area contributed by atoms with Crippen LogP contribution in [-0.4, -0.2) is 11.0 Å².